The highest BCUT2D eigenvalue weighted by molar-refractivity contribution is 6.39. The van der Waals surface area contributed by atoms with E-state index in [1.54, 1.807) is 0 Å². The number of hydrogen-bond acceptors (Lipinski definition) is 4. The lowest BCUT2D eigenvalue weighted by Gasteiger charge is -2.11. The highest BCUT2D eigenvalue weighted by Crippen LogP contribution is 2.44. The van der Waals surface area contributed by atoms with E-state index in [2.05, 4.69) is 10.6 Å². The highest BCUT2D eigenvalue weighted by Gasteiger charge is 2.41. The summed E-state index contributed by atoms with van der Waals surface area (Å²) in [7, 11) is 0. The molecule has 0 bridgehead atoms. The van der Waals surface area contributed by atoms with E-state index in [0.717, 1.165) is 6.07 Å². The molecular formula is C19H11F3N2O3. The Morgan fingerprint density at radius 2 is 1.74 bits per heavy atom. The minimum atomic E-state index is -4.65. The van der Waals surface area contributed by atoms with Gasteiger partial charge in [-0.1, -0.05) is 18.2 Å². The average molecular weight is 372 g/mol. The number of fused-ring (bicyclic) bond motifs is 2. The number of Topliss-reactive ketones (excluding diaryl/α,β-unsaturated/α-hetero) is 2. The zero-order valence-electron chi connectivity index (χ0n) is 13.8. The molecule has 0 unspecified atom stereocenters. The van der Waals surface area contributed by atoms with Crippen molar-refractivity contribution in [1.29, 1.82) is 0 Å². The number of carbonyl (C=O) groups is 3. The van der Waals surface area contributed by atoms with Crippen LogP contribution >= 0.6 is 0 Å². The minimum Gasteiger partial charge on any atom is -0.351 e. The second-order valence-corrected chi connectivity index (χ2v) is 6.20. The standard InChI is InChI=1S/C19H11F3N2O3/c1-8(25)9-5-6-10-13(7-9)23-16(17(10)26)14-11-3-2-4-12(19(20,21)22)15(11)24-18(14)27/h2-7,23H,1H3,(H,24,27)/b16-14-. The molecule has 0 aliphatic carbocycles. The molecule has 0 radical (unpaired) electrons. The maximum atomic E-state index is 13.2. The second kappa shape index (κ2) is 5.54. The molecule has 136 valence electrons. The summed E-state index contributed by atoms with van der Waals surface area (Å²) in [6, 6.07) is 7.81. The molecule has 1 amide bonds. The van der Waals surface area contributed by atoms with E-state index in [4.69, 9.17) is 0 Å². The van der Waals surface area contributed by atoms with Gasteiger partial charge in [0.25, 0.3) is 5.91 Å². The molecule has 0 spiro atoms. The van der Waals surface area contributed by atoms with Gasteiger partial charge in [-0.25, -0.2) is 0 Å². The third-order valence-corrected chi connectivity index (χ3v) is 4.51. The first-order chi connectivity index (χ1) is 12.7. The second-order valence-electron chi connectivity index (χ2n) is 6.20. The van der Waals surface area contributed by atoms with Crippen molar-refractivity contribution in [3.05, 3.63) is 64.3 Å². The fourth-order valence-electron chi connectivity index (χ4n) is 3.24. The summed E-state index contributed by atoms with van der Waals surface area (Å²) in [5.74, 6) is -1.51. The van der Waals surface area contributed by atoms with Crippen LogP contribution in [0.5, 0.6) is 0 Å². The predicted molar refractivity (Wildman–Crippen MR) is 91.4 cm³/mol. The highest BCUT2D eigenvalue weighted by atomic mass is 19.4. The molecule has 5 nitrogen and oxygen atoms in total. The van der Waals surface area contributed by atoms with Crippen LogP contribution in [0.2, 0.25) is 0 Å². The molecule has 2 aromatic rings. The van der Waals surface area contributed by atoms with Gasteiger partial charge in [0.1, 0.15) is 5.70 Å². The number of para-hydroxylation sites is 1. The summed E-state index contributed by atoms with van der Waals surface area (Å²) < 4.78 is 39.6. The first kappa shape index (κ1) is 17.0. The number of anilines is 2. The average Bonchev–Trinajstić information content (AvgIpc) is 3.09. The van der Waals surface area contributed by atoms with E-state index >= 15 is 0 Å². The Hall–Kier alpha value is -3.42. The van der Waals surface area contributed by atoms with Crippen LogP contribution in [-0.2, 0) is 11.0 Å². The molecule has 2 aromatic carbocycles. The predicted octanol–water partition coefficient (Wildman–Crippen LogP) is 3.88. The topological polar surface area (TPSA) is 75.3 Å². The lowest BCUT2D eigenvalue weighted by Crippen LogP contribution is -2.12. The van der Waals surface area contributed by atoms with Crippen LogP contribution in [-0.4, -0.2) is 17.5 Å². The zero-order chi connectivity index (χ0) is 19.5. The van der Waals surface area contributed by atoms with Crippen molar-refractivity contribution in [2.45, 2.75) is 13.1 Å². The van der Waals surface area contributed by atoms with Crippen LogP contribution in [0.3, 0.4) is 0 Å². The molecule has 27 heavy (non-hydrogen) atoms. The first-order valence-electron chi connectivity index (χ1n) is 7.91. The summed E-state index contributed by atoms with van der Waals surface area (Å²) in [4.78, 5) is 36.6. The fraction of sp³-hybridized carbons (Fsp3) is 0.105. The van der Waals surface area contributed by atoms with Crippen molar-refractivity contribution in [2.75, 3.05) is 10.6 Å². The van der Waals surface area contributed by atoms with Gasteiger partial charge in [0.15, 0.2) is 5.78 Å². The Labute approximate surface area is 150 Å². The van der Waals surface area contributed by atoms with Crippen LogP contribution in [0.25, 0.3) is 5.57 Å². The largest absolute Gasteiger partial charge is 0.418 e. The summed E-state index contributed by atoms with van der Waals surface area (Å²) in [5, 5.41) is 5.00. The lowest BCUT2D eigenvalue weighted by atomic mass is 9.99. The van der Waals surface area contributed by atoms with Crippen molar-refractivity contribution in [3.63, 3.8) is 0 Å². The van der Waals surface area contributed by atoms with Crippen molar-refractivity contribution in [1.82, 2.24) is 0 Å². The molecule has 0 atom stereocenters. The molecule has 0 saturated carbocycles. The number of halogens is 3. The maximum Gasteiger partial charge on any atom is 0.418 e. The van der Waals surface area contributed by atoms with E-state index in [1.165, 1.54) is 37.3 Å². The molecule has 0 saturated heterocycles. The van der Waals surface area contributed by atoms with Crippen molar-refractivity contribution < 1.29 is 27.6 Å². The number of nitrogens with one attached hydrogen (secondary N) is 2. The third kappa shape index (κ3) is 2.52. The molecule has 2 aliphatic rings. The molecule has 4 rings (SSSR count). The Morgan fingerprint density at radius 3 is 2.41 bits per heavy atom. The number of ketones is 2. The summed E-state index contributed by atoms with van der Waals surface area (Å²) in [6.45, 7) is 1.37. The number of allylic oxidation sites excluding steroid dienone is 1. The van der Waals surface area contributed by atoms with Gasteiger partial charge in [-0.05, 0) is 25.1 Å². The molecule has 0 aromatic heterocycles. The van der Waals surface area contributed by atoms with Gasteiger partial charge in [0.2, 0.25) is 5.78 Å². The van der Waals surface area contributed by atoms with Gasteiger partial charge in [0.05, 0.1) is 22.5 Å². The Bertz CT molecular complexity index is 1080. The van der Waals surface area contributed by atoms with Gasteiger partial charge >= 0.3 is 6.18 Å². The van der Waals surface area contributed by atoms with Gasteiger partial charge in [-0.3, -0.25) is 14.4 Å². The lowest BCUT2D eigenvalue weighted by molar-refractivity contribution is -0.136. The van der Waals surface area contributed by atoms with Crippen LogP contribution in [0.1, 0.15) is 38.8 Å². The normalized spacial score (nSPS) is 18.1. The molecule has 8 heteroatoms. The van der Waals surface area contributed by atoms with E-state index < -0.39 is 23.4 Å². The third-order valence-electron chi connectivity index (χ3n) is 4.51. The number of carbonyl (C=O) groups excluding carboxylic acids is 3. The molecule has 0 fully saturated rings. The zero-order valence-corrected chi connectivity index (χ0v) is 13.8. The molecule has 2 heterocycles. The summed E-state index contributed by atoms with van der Waals surface area (Å²) in [6.07, 6.45) is -4.65. The van der Waals surface area contributed by atoms with E-state index in [-0.39, 0.29) is 33.9 Å². The quantitative estimate of drug-likeness (QED) is 0.589. The van der Waals surface area contributed by atoms with Crippen LogP contribution in [0.4, 0.5) is 24.5 Å². The summed E-state index contributed by atoms with van der Waals surface area (Å²) in [5.41, 5.74) is -0.651. The maximum absolute atomic E-state index is 13.2. The molecule has 2 aliphatic heterocycles. The van der Waals surface area contributed by atoms with E-state index in [1.807, 2.05) is 0 Å². The van der Waals surface area contributed by atoms with Crippen LogP contribution < -0.4 is 10.6 Å². The van der Waals surface area contributed by atoms with Gasteiger partial charge in [-0.2, -0.15) is 13.2 Å². The first-order valence-corrected chi connectivity index (χ1v) is 7.91. The van der Waals surface area contributed by atoms with Crippen molar-refractivity contribution >= 4 is 34.4 Å². The van der Waals surface area contributed by atoms with Crippen LogP contribution in [0, 0.1) is 0 Å². The molecular weight excluding hydrogens is 361 g/mol. The number of alkyl halides is 3. The van der Waals surface area contributed by atoms with Gasteiger partial charge < -0.3 is 10.6 Å². The number of rotatable bonds is 1. The van der Waals surface area contributed by atoms with Crippen LogP contribution in [0.15, 0.2) is 42.1 Å². The number of hydrogen-bond donors (Lipinski definition) is 2. The number of benzene rings is 2. The molecule has 2 N–H and O–H groups in total. The van der Waals surface area contributed by atoms with Gasteiger partial charge in [-0.15, -0.1) is 0 Å². The SMILES string of the molecule is CC(=O)c1ccc2c(c1)N/C(=C1\C(=O)Nc3c1cccc3C(F)(F)F)C2=O. The van der Waals surface area contributed by atoms with Gasteiger partial charge in [0, 0.05) is 16.7 Å². The Kier molecular flexibility index (Phi) is 3.49. The minimum absolute atomic E-state index is 0.00488. The summed E-state index contributed by atoms with van der Waals surface area (Å²) >= 11 is 0. The number of amides is 1. The van der Waals surface area contributed by atoms with Crippen molar-refractivity contribution in [2.24, 2.45) is 0 Å². The van der Waals surface area contributed by atoms with Crippen molar-refractivity contribution in [3.8, 4) is 0 Å². The smallest absolute Gasteiger partial charge is 0.351 e. The monoisotopic (exact) mass is 372 g/mol. The fourth-order valence-corrected chi connectivity index (χ4v) is 3.24. The Balaban J connectivity index is 1.88. The van der Waals surface area contributed by atoms with E-state index in [0.29, 0.717) is 11.3 Å². The Morgan fingerprint density at radius 1 is 1.00 bits per heavy atom. The van der Waals surface area contributed by atoms with E-state index in [9.17, 15) is 27.6 Å².